The van der Waals surface area contributed by atoms with Crippen molar-refractivity contribution in [1.29, 1.82) is 0 Å². The van der Waals surface area contributed by atoms with Crippen molar-refractivity contribution in [3.05, 3.63) is 113 Å². The highest BCUT2D eigenvalue weighted by atomic mass is 28.3. The van der Waals surface area contributed by atoms with Crippen LogP contribution in [0.25, 0.3) is 5.69 Å². The number of ether oxygens (including phenoxy) is 3. The summed E-state index contributed by atoms with van der Waals surface area (Å²) in [7, 11) is 0.891. The quantitative estimate of drug-likeness (QED) is 0.264. The van der Waals surface area contributed by atoms with Gasteiger partial charge in [0.2, 0.25) is 0 Å². The van der Waals surface area contributed by atoms with Crippen LogP contribution in [-0.2, 0) is 21.7 Å². The van der Waals surface area contributed by atoms with E-state index in [-0.39, 0.29) is 41.4 Å². The van der Waals surface area contributed by atoms with Crippen molar-refractivity contribution in [2.75, 3.05) is 25.7 Å². The van der Waals surface area contributed by atoms with Gasteiger partial charge in [-0.2, -0.15) is 0 Å². The molecular weight excluding hydrogens is 584 g/mol. The van der Waals surface area contributed by atoms with Crippen LogP contribution in [0.1, 0.15) is 24.5 Å². The molecule has 1 amide bonds. The van der Waals surface area contributed by atoms with Crippen molar-refractivity contribution in [2.45, 2.75) is 50.2 Å². The molecule has 1 spiro atoms. The van der Waals surface area contributed by atoms with E-state index >= 15 is 0 Å². The van der Waals surface area contributed by atoms with E-state index in [1.807, 2.05) is 65.6 Å². The Hall–Kier alpha value is -4.18. The second-order valence-electron chi connectivity index (χ2n) is 12.5. The SMILES string of the molecule is COc1ccc([Si](C)(C)[C@@H]2[C@@H](CCO)O[C@]3(C(=O)N(Cc4cccc(-n5cccc(OC)c5=O)c4)c4ccccc43)[C@H]2C)cc1. The molecule has 234 valence electrons. The molecule has 4 aromatic rings. The third kappa shape index (κ3) is 4.99. The Labute approximate surface area is 264 Å². The summed E-state index contributed by atoms with van der Waals surface area (Å²) < 4.78 is 19.2. The third-order valence-corrected chi connectivity index (χ3v) is 14.2. The van der Waals surface area contributed by atoms with Gasteiger partial charge in [-0.3, -0.25) is 14.2 Å². The standard InChI is InChI=1S/C36H40N2O6Si/c1-24-33(45(4,5)28-17-15-27(42-2)16-18-28)31(19-21-39)44-36(24)29-12-6-7-13-30(29)38(35(36)41)23-25-10-8-11-26(22-25)37-20-9-14-32(43-3)34(37)40/h6-18,20,22,24,31,33,39H,19,21,23H2,1-5H3/t24-,31+,33-,36+/m0/s1. The van der Waals surface area contributed by atoms with Gasteiger partial charge in [-0.1, -0.05) is 67.7 Å². The van der Waals surface area contributed by atoms with Gasteiger partial charge in [0.1, 0.15) is 5.75 Å². The van der Waals surface area contributed by atoms with Gasteiger partial charge in [0.15, 0.2) is 11.4 Å². The topological polar surface area (TPSA) is 90.2 Å². The number of anilines is 1. The molecule has 45 heavy (non-hydrogen) atoms. The fourth-order valence-electron chi connectivity index (χ4n) is 7.64. The van der Waals surface area contributed by atoms with E-state index in [4.69, 9.17) is 14.2 Å². The number of para-hydroxylation sites is 1. The maximum absolute atomic E-state index is 14.8. The largest absolute Gasteiger partial charge is 0.497 e. The zero-order valence-corrected chi connectivity index (χ0v) is 27.4. The molecule has 1 saturated heterocycles. The number of aromatic nitrogens is 1. The Kier molecular flexibility index (Phi) is 8.19. The lowest BCUT2D eigenvalue weighted by Crippen LogP contribution is -2.51. The Bertz CT molecular complexity index is 1770. The molecule has 0 bridgehead atoms. The first-order valence-electron chi connectivity index (χ1n) is 15.4. The molecule has 0 unspecified atom stereocenters. The van der Waals surface area contributed by atoms with Gasteiger partial charge in [0.05, 0.1) is 40.6 Å². The van der Waals surface area contributed by atoms with Crippen molar-refractivity contribution in [3.63, 3.8) is 0 Å². The Morgan fingerprint density at radius 3 is 2.40 bits per heavy atom. The molecule has 1 N–H and O–H groups in total. The summed E-state index contributed by atoms with van der Waals surface area (Å²) in [6, 6.07) is 27.2. The van der Waals surface area contributed by atoms with Crippen LogP contribution in [0.2, 0.25) is 18.6 Å². The molecule has 0 radical (unpaired) electrons. The third-order valence-electron chi connectivity index (χ3n) is 9.82. The number of amides is 1. The Balaban J connectivity index is 1.38. The van der Waals surface area contributed by atoms with E-state index in [1.54, 1.807) is 30.0 Å². The predicted molar refractivity (Wildman–Crippen MR) is 178 cm³/mol. The van der Waals surface area contributed by atoms with Crippen LogP contribution in [0.15, 0.2) is 95.9 Å². The van der Waals surface area contributed by atoms with Gasteiger partial charge >= 0.3 is 0 Å². The molecule has 2 aliphatic heterocycles. The minimum absolute atomic E-state index is 0.0208. The average Bonchev–Trinajstić information content (AvgIpc) is 3.48. The summed E-state index contributed by atoms with van der Waals surface area (Å²) in [4.78, 5) is 29.6. The van der Waals surface area contributed by atoms with Gasteiger partial charge in [-0.25, -0.2) is 0 Å². The number of benzene rings is 3. The summed E-state index contributed by atoms with van der Waals surface area (Å²) >= 11 is 0. The number of aliphatic hydroxyl groups is 1. The van der Waals surface area contributed by atoms with Gasteiger partial charge in [-0.05, 0) is 60.0 Å². The molecule has 0 saturated carbocycles. The van der Waals surface area contributed by atoms with E-state index in [0.29, 0.717) is 18.7 Å². The number of carbonyl (C=O) groups excluding carboxylic acids is 1. The van der Waals surface area contributed by atoms with E-state index < -0.39 is 13.7 Å². The first-order chi connectivity index (χ1) is 21.7. The van der Waals surface area contributed by atoms with E-state index in [1.165, 1.54) is 12.3 Å². The minimum Gasteiger partial charge on any atom is -0.497 e. The van der Waals surface area contributed by atoms with Crippen LogP contribution in [0, 0.1) is 5.92 Å². The summed E-state index contributed by atoms with van der Waals surface area (Å²) in [5, 5.41) is 11.4. The zero-order valence-electron chi connectivity index (χ0n) is 26.4. The fraction of sp³-hybridized carbons (Fsp3) is 0.333. The van der Waals surface area contributed by atoms with Crippen molar-refractivity contribution in [3.8, 4) is 17.2 Å². The first-order valence-corrected chi connectivity index (χ1v) is 18.4. The monoisotopic (exact) mass is 624 g/mol. The number of rotatable bonds is 9. The highest BCUT2D eigenvalue weighted by Gasteiger charge is 2.66. The van der Waals surface area contributed by atoms with Crippen molar-refractivity contribution in [2.24, 2.45) is 5.92 Å². The molecule has 3 aromatic carbocycles. The fourth-order valence-corrected chi connectivity index (χ4v) is 11.7. The summed E-state index contributed by atoms with van der Waals surface area (Å²) in [5.41, 5.74) is 1.91. The number of carbonyl (C=O) groups is 1. The van der Waals surface area contributed by atoms with Gasteiger partial charge in [-0.15, -0.1) is 0 Å². The van der Waals surface area contributed by atoms with Crippen molar-refractivity contribution >= 4 is 24.9 Å². The highest BCUT2D eigenvalue weighted by molar-refractivity contribution is 6.91. The normalized spacial score (nSPS) is 22.6. The predicted octanol–water partition coefficient (Wildman–Crippen LogP) is 5.00. The number of hydrogen-bond acceptors (Lipinski definition) is 6. The van der Waals surface area contributed by atoms with Crippen LogP contribution in [-0.4, -0.2) is 50.6 Å². The molecule has 0 aliphatic carbocycles. The minimum atomic E-state index is -2.25. The summed E-state index contributed by atoms with van der Waals surface area (Å²) in [6.45, 7) is 7.10. The maximum atomic E-state index is 14.8. The molecule has 2 aliphatic rings. The zero-order chi connectivity index (χ0) is 31.9. The second kappa shape index (κ2) is 12.0. The van der Waals surface area contributed by atoms with Crippen LogP contribution < -0.4 is 25.1 Å². The van der Waals surface area contributed by atoms with Gasteiger partial charge in [0.25, 0.3) is 11.5 Å². The molecular formula is C36H40N2O6Si. The summed E-state index contributed by atoms with van der Waals surface area (Å²) in [6.07, 6.45) is 1.88. The maximum Gasteiger partial charge on any atom is 0.297 e. The smallest absolute Gasteiger partial charge is 0.297 e. The molecule has 4 atom stereocenters. The number of methoxy groups -OCH3 is 2. The highest BCUT2D eigenvalue weighted by Crippen LogP contribution is 2.60. The number of fused-ring (bicyclic) bond motifs is 2. The van der Waals surface area contributed by atoms with Crippen molar-refractivity contribution < 1.29 is 24.1 Å². The van der Waals surface area contributed by atoms with Crippen LogP contribution in [0.3, 0.4) is 0 Å². The first kappa shape index (κ1) is 30.8. The Morgan fingerprint density at radius 1 is 0.933 bits per heavy atom. The van der Waals surface area contributed by atoms with Crippen molar-refractivity contribution in [1.82, 2.24) is 4.57 Å². The lowest BCUT2D eigenvalue weighted by atomic mass is 9.82. The number of aliphatic hydroxyl groups excluding tert-OH is 1. The van der Waals surface area contributed by atoms with E-state index in [9.17, 15) is 14.7 Å². The van der Waals surface area contributed by atoms with Gasteiger partial charge in [0, 0.05) is 30.0 Å². The molecule has 8 nitrogen and oxygen atoms in total. The van der Waals surface area contributed by atoms with E-state index in [0.717, 1.165) is 22.6 Å². The van der Waals surface area contributed by atoms with Crippen LogP contribution in [0.4, 0.5) is 5.69 Å². The molecule has 3 heterocycles. The molecule has 1 aromatic heterocycles. The van der Waals surface area contributed by atoms with Crippen LogP contribution in [0.5, 0.6) is 11.5 Å². The number of pyridine rings is 1. The molecule has 9 heteroatoms. The average molecular weight is 625 g/mol. The Morgan fingerprint density at radius 2 is 1.69 bits per heavy atom. The van der Waals surface area contributed by atoms with E-state index in [2.05, 4.69) is 32.2 Å². The lowest BCUT2D eigenvalue weighted by molar-refractivity contribution is -0.146. The molecule has 6 rings (SSSR count). The molecule has 1 fully saturated rings. The number of nitrogens with zero attached hydrogens (tertiary/aromatic N) is 2. The second-order valence-corrected chi connectivity index (χ2v) is 17.2. The summed E-state index contributed by atoms with van der Waals surface area (Å²) in [5.74, 6) is 0.829. The van der Waals surface area contributed by atoms with Gasteiger partial charge < -0.3 is 24.2 Å². The number of hydrogen-bond donors (Lipinski definition) is 1. The van der Waals surface area contributed by atoms with Crippen LogP contribution >= 0.6 is 0 Å². The lowest BCUT2D eigenvalue weighted by Gasteiger charge is -2.37.